The highest BCUT2D eigenvalue weighted by atomic mass is 16.3. The summed E-state index contributed by atoms with van der Waals surface area (Å²) in [6, 6.07) is 18.4. The SMILES string of the molecule is CCCCc1cc(Cc2c(C)c(Cc3ccc(O)c(CCCC)c3)c(C)c(Cc3ccc(O)c(CCCC)c3)c2C)ccc1O. The van der Waals surface area contributed by atoms with E-state index in [-0.39, 0.29) is 0 Å². The van der Waals surface area contributed by atoms with Gasteiger partial charge in [-0.25, -0.2) is 0 Å². The molecule has 240 valence electrons. The molecule has 3 heteroatoms. The first kappa shape index (κ1) is 34.2. The zero-order valence-electron chi connectivity index (χ0n) is 28.5. The highest BCUT2D eigenvalue weighted by Gasteiger charge is 2.19. The van der Waals surface area contributed by atoms with Gasteiger partial charge in [-0.15, -0.1) is 0 Å². The van der Waals surface area contributed by atoms with Gasteiger partial charge in [0.15, 0.2) is 0 Å². The summed E-state index contributed by atoms with van der Waals surface area (Å²) < 4.78 is 0. The van der Waals surface area contributed by atoms with E-state index in [0.717, 1.165) is 93.7 Å². The molecule has 0 heterocycles. The normalized spacial score (nSPS) is 11.3. The van der Waals surface area contributed by atoms with Crippen LogP contribution in [0.15, 0.2) is 54.6 Å². The van der Waals surface area contributed by atoms with Gasteiger partial charge in [-0.1, -0.05) is 76.4 Å². The van der Waals surface area contributed by atoms with Gasteiger partial charge in [0, 0.05) is 0 Å². The number of aryl methyl sites for hydroxylation is 3. The molecular weight excluding hydrogens is 552 g/mol. The van der Waals surface area contributed by atoms with Crippen molar-refractivity contribution in [2.24, 2.45) is 0 Å². The van der Waals surface area contributed by atoms with Crippen LogP contribution in [0.4, 0.5) is 0 Å². The number of aromatic hydroxyl groups is 3. The second-order valence-corrected chi connectivity index (χ2v) is 13.0. The Labute approximate surface area is 272 Å². The highest BCUT2D eigenvalue weighted by Crippen LogP contribution is 2.34. The van der Waals surface area contributed by atoms with Crippen LogP contribution < -0.4 is 0 Å². The van der Waals surface area contributed by atoms with Gasteiger partial charge in [-0.05, 0) is 164 Å². The van der Waals surface area contributed by atoms with Gasteiger partial charge in [0.05, 0.1) is 0 Å². The maximum Gasteiger partial charge on any atom is 0.118 e. The lowest BCUT2D eigenvalue weighted by Crippen LogP contribution is -2.10. The maximum atomic E-state index is 10.5. The molecule has 4 rings (SSSR count). The summed E-state index contributed by atoms with van der Waals surface area (Å²) in [5.74, 6) is 1.18. The number of hydrogen-bond acceptors (Lipinski definition) is 3. The minimum atomic E-state index is 0.392. The Morgan fingerprint density at radius 2 is 0.689 bits per heavy atom. The summed E-state index contributed by atoms with van der Waals surface area (Å²) >= 11 is 0. The second-order valence-electron chi connectivity index (χ2n) is 13.0. The van der Waals surface area contributed by atoms with Crippen LogP contribution in [0, 0.1) is 20.8 Å². The van der Waals surface area contributed by atoms with Gasteiger partial charge in [0.2, 0.25) is 0 Å². The fraction of sp³-hybridized carbons (Fsp3) is 0.429. The molecule has 45 heavy (non-hydrogen) atoms. The summed E-state index contributed by atoms with van der Waals surface area (Å²) in [4.78, 5) is 0. The van der Waals surface area contributed by atoms with E-state index in [4.69, 9.17) is 0 Å². The lowest BCUT2D eigenvalue weighted by molar-refractivity contribution is 0.466. The predicted octanol–water partition coefficient (Wildman–Crippen LogP) is 10.5. The van der Waals surface area contributed by atoms with E-state index in [2.05, 4.69) is 77.9 Å². The summed E-state index contributed by atoms with van der Waals surface area (Å²) in [6.45, 7) is 13.4. The first-order valence-corrected chi connectivity index (χ1v) is 17.2. The van der Waals surface area contributed by atoms with Crippen LogP contribution in [0.5, 0.6) is 17.2 Å². The van der Waals surface area contributed by atoms with Crippen molar-refractivity contribution >= 4 is 0 Å². The monoisotopic (exact) mass is 606 g/mol. The molecule has 0 bridgehead atoms. The maximum absolute atomic E-state index is 10.5. The lowest BCUT2D eigenvalue weighted by Gasteiger charge is -2.24. The van der Waals surface area contributed by atoms with Crippen LogP contribution in [0.2, 0.25) is 0 Å². The molecule has 0 aliphatic carbocycles. The molecule has 3 N–H and O–H groups in total. The highest BCUT2D eigenvalue weighted by molar-refractivity contribution is 5.56. The summed E-state index contributed by atoms with van der Waals surface area (Å²) in [5.41, 5.74) is 14.8. The number of hydrogen-bond donors (Lipinski definition) is 3. The van der Waals surface area contributed by atoms with Crippen LogP contribution in [-0.2, 0) is 38.5 Å². The first-order chi connectivity index (χ1) is 21.7. The summed E-state index contributed by atoms with van der Waals surface area (Å²) in [5, 5.41) is 31.6. The van der Waals surface area contributed by atoms with Crippen molar-refractivity contribution in [3.63, 3.8) is 0 Å². The van der Waals surface area contributed by atoms with Crippen molar-refractivity contribution < 1.29 is 15.3 Å². The number of rotatable bonds is 15. The predicted molar refractivity (Wildman–Crippen MR) is 189 cm³/mol. The molecule has 0 radical (unpaired) electrons. The molecule has 0 atom stereocenters. The topological polar surface area (TPSA) is 60.7 Å². The molecule has 0 aliphatic rings. The van der Waals surface area contributed by atoms with Gasteiger partial charge in [-0.3, -0.25) is 0 Å². The Bertz CT molecular complexity index is 1390. The largest absolute Gasteiger partial charge is 0.508 e. The zero-order valence-corrected chi connectivity index (χ0v) is 28.5. The van der Waals surface area contributed by atoms with E-state index in [1.165, 1.54) is 50.1 Å². The van der Waals surface area contributed by atoms with Crippen LogP contribution in [0.1, 0.15) is 126 Å². The van der Waals surface area contributed by atoms with Crippen molar-refractivity contribution in [1.82, 2.24) is 0 Å². The standard InChI is InChI=1S/C42H54O3/c1-7-10-13-34-22-31(16-19-40(34)43)25-37-28(4)38(26-32-17-20-41(44)35(23-32)14-11-8-2)30(6)39(29(37)5)27-33-18-21-42(45)36(24-33)15-12-9-3/h16-24,43-45H,7-15,25-27H2,1-6H3. The molecule has 0 unspecified atom stereocenters. The Balaban J connectivity index is 1.81. The molecule has 0 saturated carbocycles. The minimum absolute atomic E-state index is 0.392. The van der Waals surface area contributed by atoms with Gasteiger partial charge < -0.3 is 15.3 Å². The molecule has 0 saturated heterocycles. The van der Waals surface area contributed by atoms with Gasteiger partial charge in [0.1, 0.15) is 17.2 Å². The Hall–Kier alpha value is -3.72. The first-order valence-electron chi connectivity index (χ1n) is 17.2. The third-order valence-electron chi connectivity index (χ3n) is 9.69. The van der Waals surface area contributed by atoms with E-state index in [9.17, 15) is 15.3 Å². The van der Waals surface area contributed by atoms with Crippen molar-refractivity contribution in [2.45, 2.75) is 119 Å². The van der Waals surface area contributed by atoms with E-state index in [1.807, 2.05) is 18.2 Å². The number of unbranched alkanes of at least 4 members (excludes halogenated alkanes) is 3. The molecule has 0 spiro atoms. The van der Waals surface area contributed by atoms with Crippen molar-refractivity contribution in [3.05, 3.63) is 121 Å². The van der Waals surface area contributed by atoms with E-state index < -0.39 is 0 Å². The van der Waals surface area contributed by atoms with Gasteiger partial charge >= 0.3 is 0 Å². The van der Waals surface area contributed by atoms with E-state index in [0.29, 0.717) is 17.2 Å². The summed E-state index contributed by atoms with van der Waals surface area (Å²) in [7, 11) is 0. The Morgan fingerprint density at radius 1 is 0.422 bits per heavy atom. The number of phenolic OH excluding ortho intramolecular Hbond substituents is 3. The molecule has 4 aromatic rings. The van der Waals surface area contributed by atoms with E-state index in [1.54, 1.807) is 0 Å². The van der Waals surface area contributed by atoms with Crippen LogP contribution >= 0.6 is 0 Å². The van der Waals surface area contributed by atoms with Crippen molar-refractivity contribution in [1.29, 1.82) is 0 Å². The van der Waals surface area contributed by atoms with Crippen LogP contribution in [0.3, 0.4) is 0 Å². The molecule has 0 fully saturated rings. The zero-order chi connectivity index (χ0) is 32.5. The quantitative estimate of drug-likeness (QED) is 0.126. The lowest BCUT2D eigenvalue weighted by atomic mass is 9.81. The van der Waals surface area contributed by atoms with Gasteiger partial charge in [0.25, 0.3) is 0 Å². The molecule has 0 aromatic heterocycles. The number of phenols is 3. The van der Waals surface area contributed by atoms with Gasteiger partial charge in [-0.2, -0.15) is 0 Å². The van der Waals surface area contributed by atoms with Crippen LogP contribution in [-0.4, -0.2) is 15.3 Å². The Morgan fingerprint density at radius 3 is 0.933 bits per heavy atom. The average molecular weight is 607 g/mol. The molecule has 0 aliphatic heterocycles. The second kappa shape index (κ2) is 16.0. The fourth-order valence-corrected chi connectivity index (χ4v) is 6.75. The minimum Gasteiger partial charge on any atom is -0.508 e. The molecule has 3 nitrogen and oxygen atoms in total. The number of benzene rings is 4. The smallest absolute Gasteiger partial charge is 0.118 e. The van der Waals surface area contributed by atoms with Crippen LogP contribution in [0.25, 0.3) is 0 Å². The third kappa shape index (κ3) is 8.51. The van der Waals surface area contributed by atoms with Crippen molar-refractivity contribution in [3.8, 4) is 17.2 Å². The molecule has 4 aromatic carbocycles. The molecular formula is C42H54O3. The van der Waals surface area contributed by atoms with E-state index >= 15 is 0 Å². The third-order valence-corrected chi connectivity index (χ3v) is 9.69. The fourth-order valence-electron chi connectivity index (χ4n) is 6.75. The summed E-state index contributed by atoms with van der Waals surface area (Å²) in [6.07, 6.45) is 11.6. The van der Waals surface area contributed by atoms with Crippen molar-refractivity contribution in [2.75, 3.05) is 0 Å². The Kier molecular flexibility index (Phi) is 12.2. The average Bonchev–Trinajstić information content (AvgIpc) is 3.03. The molecule has 0 amide bonds.